The summed E-state index contributed by atoms with van der Waals surface area (Å²) in [4.78, 5) is 23.0. The standard InChI is InChI=1S/C20H27N5O/c1-6-11-21-20(26)18-13-19(23-15(5)22-18)24-17-10-9-16(12-14(17)4)25(7-2)8-3/h6,9-10,12-13H,1,7-8,11H2,2-5H3,(H,21,26)(H,22,23,24). The van der Waals surface area contributed by atoms with Gasteiger partial charge in [0, 0.05) is 37.1 Å². The third-order valence-corrected chi connectivity index (χ3v) is 4.08. The summed E-state index contributed by atoms with van der Waals surface area (Å²) in [5.41, 5.74) is 3.60. The van der Waals surface area contributed by atoms with Crippen molar-refractivity contribution in [3.8, 4) is 0 Å². The summed E-state index contributed by atoms with van der Waals surface area (Å²) < 4.78 is 0. The van der Waals surface area contributed by atoms with Crippen LogP contribution in [0.15, 0.2) is 36.9 Å². The van der Waals surface area contributed by atoms with Gasteiger partial charge in [-0.15, -0.1) is 6.58 Å². The van der Waals surface area contributed by atoms with Gasteiger partial charge in [-0.2, -0.15) is 0 Å². The summed E-state index contributed by atoms with van der Waals surface area (Å²) in [5, 5.41) is 6.03. The van der Waals surface area contributed by atoms with Gasteiger partial charge in [0.1, 0.15) is 17.3 Å². The molecule has 0 saturated carbocycles. The number of hydrogen-bond acceptors (Lipinski definition) is 5. The maximum absolute atomic E-state index is 12.1. The van der Waals surface area contributed by atoms with Gasteiger partial charge in [0.2, 0.25) is 0 Å². The smallest absolute Gasteiger partial charge is 0.270 e. The first-order chi connectivity index (χ1) is 12.5. The largest absolute Gasteiger partial charge is 0.372 e. The Labute approximate surface area is 155 Å². The van der Waals surface area contributed by atoms with Gasteiger partial charge in [-0.1, -0.05) is 6.08 Å². The maximum Gasteiger partial charge on any atom is 0.270 e. The van der Waals surface area contributed by atoms with Crippen LogP contribution in [-0.2, 0) is 0 Å². The fourth-order valence-corrected chi connectivity index (χ4v) is 2.71. The minimum atomic E-state index is -0.243. The Hall–Kier alpha value is -2.89. The molecule has 6 heteroatoms. The number of anilines is 3. The number of rotatable bonds is 8. The molecule has 1 aromatic carbocycles. The lowest BCUT2D eigenvalue weighted by Crippen LogP contribution is -2.24. The van der Waals surface area contributed by atoms with Gasteiger partial charge >= 0.3 is 0 Å². The Bertz CT molecular complexity index is 784. The highest BCUT2D eigenvalue weighted by molar-refractivity contribution is 5.93. The molecule has 0 aliphatic rings. The second kappa shape index (κ2) is 8.99. The molecule has 0 aliphatic heterocycles. The molecule has 138 valence electrons. The molecule has 0 aliphatic carbocycles. The molecule has 0 saturated heterocycles. The number of hydrogen-bond donors (Lipinski definition) is 2. The molecule has 1 amide bonds. The van der Waals surface area contributed by atoms with Crippen molar-refractivity contribution < 1.29 is 4.79 Å². The van der Waals surface area contributed by atoms with E-state index in [1.165, 1.54) is 5.69 Å². The molecule has 2 rings (SSSR count). The molecule has 1 aromatic heterocycles. The van der Waals surface area contributed by atoms with Crippen molar-refractivity contribution in [1.29, 1.82) is 0 Å². The van der Waals surface area contributed by atoms with Gasteiger partial charge in [-0.3, -0.25) is 4.79 Å². The molecule has 0 spiro atoms. The predicted octanol–water partition coefficient (Wildman–Crippen LogP) is 3.60. The van der Waals surface area contributed by atoms with Crippen LogP contribution in [0.3, 0.4) is 0 Å². The second-order valence-corrected chi connectivity index (χ2v) is 5.98. The van der Waals surface area contributed by atoms with Crippen LogP contribution in [0, 0.1) is 13.8 Å². The molecular weight excluding hydrogens is 326 g/mol. The Kier molecular flexibility index (Phi) is 6.72. The summed E-state index contributed by atoms with van der Waals surface area (Å²) >= 11 is 0. The van der Waals surface area contributed by atoms with Crippen molar-refractivity contribution in [2.24, 2.45) is 0 Å². The molecule has 6 nitrogen and oxygen atoms in total. The summed E-state index contributed by atoms with van der Waals surface area (Å²) in [6.45, 7) is 14.1. The monoisotopic (exact) mass is 353 g/mol. The average Bonchev–Trinajstić information content (AvgIpc) is 2.62. The summed E-state index contributed by atoms with van der Waals surface area (Å²) in [6, 6.07) is 7.94. The van der Waals surface area contributed by atoms with Gasteiger partial charge < -0.3 is 15.5 Å². The van der Waals surface area contributed by atoms with E-state index >= 15 is 0 Å². The number of nitrogens with zero attached hydrogens (tertiary/aromatic N) is 3. The zero-order valence-electron chi connectivity index (χ0n) is 16.0. The van der Waals surface area contributed by atoms with Crippen LogP contribution in [0.4, 0.5) is 17.2 Å². The highest BCUT2D eigenvalue weighted by Gasteiger charge is 2.11. The topological polar surface area (TPSA) is 70.2 Å². The van der Waals surface area contributed by atoms with Crippen LogP contribution in [-0.4, -0.2) is 35.5 Å². The molecule has 0 bridgehead atoms. The van der Waals surface area contributed by atoms with Crippen LogP contribution in [0.25, 0.3) is 0 Å². The van der Waals surface area contributed by atoms with Crippen LogP contribution in [0.1, 0.15) is 35.7 Å². The Morgan fingerprint density at radius 1 is 1.19 bits per heavy atom. The first kappa shape index (κ1) is 19.4. The fourth-order valence-electron chi connectivity index (χ4n) is 2.71. The van der Waals surface area contributed by atoms with E-state index in [0.717, 1.165) is 24.3 Å². The van der Waals surface area contributed by atoms with E-state index in [-0.39, 0.29) is 5.91 Å². The number of carbonyl (C=O) groups is 1. The third kappa shape index (κ3) is 4.81. The van der Waals surface area contributed by atoms with Gasteiger partial charge in [0.25, 0.3) is 5.91 Å². The Balaban J connectivity index is 2.24. The number of carbonyl (C=O) groups excluding carboxylic acids is 1. The lowest BCUT2D eigenvalue weighted by atomic mass is 10.1. The van der Waals surface area contributed by atoms with Crippen LogP contribution >= 0.6 is 0 Å². The van der Waals surface area contributed by atoms with Gasteiger partial charge in [-0.25, -0.2) is 9.97 Å². The van der Waals surface area contributed by atoms with E-state index in [9.17, 15) is 4.79 Å². The average molecular weight is 353 g/mol. The van der Waals surface area contributed by atoms with E-state index in [1.807, 2.05) is 6.07 Å². The number of nitrogens with one attached hydrogen (secondary N) is 2. The van der Waals surface area contributed by atoms with E-state index in [0.29, 0.717) is 23.9 Å². The van der Waals surface area contributed by atoms with E-state index < -0.39 is 0 Å². The Morgan fingerprint density at radius 3 is 2.54 bits per heavy atom. The second-order valence-electron chi connectivity index (χ2n) is 5.98. The number of aryl methyl sites for hydroxylation is 2. The van der Waals surface area contributed by atoms with Gasteiger partial charge in [0.05, 0.1) is 0 Å². The molecule has 0 unspecified atom stereocenters. The molecule has 0 fully saturated rings. The van der Waals surface area contributed by atoms with Gasteiger partial charge in [-0.05, 0) is 51.5 Å². The van der Waals surface area contributed by atoms with Crippen LogP contribution < -0.4 is 15.5 Å². The maximum atomic E-state index is 12.1. The quantitative estimate of drug-likeness (QED) is 0.710. The van der Waals surface area contributed by atoms with Crippen molar-refractivity contribution in [2.45, 2.75) is 27.7 Å². The van der Waals surface area contributed by atoms with Crippen molar-refractivity contribution in [2.75, 3.05) is 29.9 Å². The summed E-state index contributed by atoms with van der Waals surface area (Å²) in [6.07, 6.45) is 1.63. The first-order valence-electron chi connectivity index (χ1n) is 8.85. The fraction of sp³-hybridized carbons (Fsp3) is 0.350. The zero-order valence-corrected chi connectivity index (χ0v) is 16.0. The molecule has 26 heavy (non-hydrogen) atoms. The van der Waals surface area contributed by atoms with Crippen molar-refractivity contribution >= 4 is 23.1 Å². The number of benzene rings is 1. The molecule has 1 heterocycles. The highest BCUT2D eigenvalue weighted by atomic mass is 16.1. The molecule has 2 aromatic rings. The van der Waals surface area contributed by atoms with Crippen LogP contribution in [0.2, 0.25) is 0 Å². The van der Waals surface area contributed by atoms with E-state index in [1.54, 1.807) is 19.1 Å². The van der Waals surface area contributed by atoms with Crippen molar-refractivity contribution in [1.82, 2.24) is 15.3 Å². The molecule has 0 radical (unpaired) electrons. The molecule has 0 atom stereocenters. The lowest BCUT2D eigenvalue weighted by Gasteiger charge is -2.22. The van der Waals surface area contributed by atoms with Crippen molar-refractivity contribution in [3.63, 3.8) is 0 Å². The van der Waals surface area contributed by atoms with Crippen LogP contribution in [0.5, 0.6) is 0 Å². The van der Waals surface area contributed by atoms with Gasteiger partial charge in [0.15, 0.2) is 0 Å². The SMILES string of the molecule is C=CCNC(=O)c1cc(Nc2ccc(N(CC)CC)cc2C)nc(C)n1. The van der Waals surface area contributed by atoms with E-state index in [4.69, 9.17) is 0 Å². The normalized spacial score (nSPS) is 10.3. The molecule has 2 N–H and O–H groups in total. The highest BCUT2D eigenvalue weighted by Crippen LogP contribution is 2.25. The number of aromatic nitrogens is 2. The Morgan fingerprint density at radius 2 is 1.92 bits per heavy atom. The number of amides is 1. The minimum Gasteiger partial charge on any atom is -0.372 e. The third-order valence-electron chi connectivity index (χ3n) is 4.08. The lowest BCUT2D eigenvalue weighted by molar-refractivity contribution is 0.0952. The minimum absolute atomic E-state index is 0.243. The van der Waals surface area contributed by atoms with Crippen molar-refractivity contribution in [3.05, 3.63) is 54.0 Å². The summed E-state index contributed by atoms with van der Waals surface area (Å²) in [5.74, 6) is 0.892. The first-order valence-corrected chi connectivity index (χ1v) is 8.85. The zero-order chi connectivity index (χ0) is 19.1. The predicted molar refractivity (Wildman–Crippen MR) is 107 cm³/mol. The van der Waals surface area contributed by atoms with E-state index in [2.05, 4.69) is 65.0 Å². The summed E-state index contributed by atoms with van der Waals surface area (Å²) in [7, 11) is 0. The molecular formula is C20H27N5O.